The largest absolute Gasteiger partial charge is 0.373 e. The smallest absolute Gasteiger partial charge is 0.224 e. The first kappa shape index (κ1) is 11.2. The molecule has 14 heavy (non-hydrogen) atoms. The molecule has 1 rings (SSSR count). The lowest BCUT2D eigenvalue weighted by molar-refractivity contribution is 0.115. The molecule has 0 unspecified atom stereocenters. The Balaban J connectivity index is 2.62. The standard InChI is InChI=1S/C8H14N4OS/c1-3-4-13-5-6-10-7(9)12-8(11-6)14-2/h3-5H2,1-2H3,(H2,9,10,11,12). The van der Waals surface area contributed by atoms with Crippen molar-refractivity contribution in [3.63, 3.8) is 0 Å². The summed E-state index contributed by atoms with van der Waals surface area (Å²) in [5, 5.41) is 0.632. The van der Waals surface area contributed by atoms with Gasteiger partial charge in [0.1, 0.15) is 6.61 Å². The lowest BCUT2D eigenvalue weighted by atomic mass is 10.5. The van der Waals surface area contributed by atoms with Gasteiger partial charge in [-0.2, -0.15) is 9.97 Å². The van der Waals surface area contributed by atoms with E-state index in [0.29, 0.717) is 24.2 Å². The van der Waals surface area contributed by atoms with Gasteiger partial charge in [0, 0.05) is 6.61 Å². The average molecular weight is 214 g/mol. The summed E-state index contributed by atoms with van der Waals surface area (Å²) in [5.74, 6) is 0.842. The van der Waals surface area contributed by atoms with Crippen LogP contribution in [0.5, 0.6) is 0 Å². The van der Waals surface area contributed by atoms with Crippen LogP contribution in [-0.2, 0) is 11.3 Å². The van der Waals surface area contributed by atoms with Gasteiger partial charge in [-0.05, 0) is 12.7 Å². The van der Waals surface area contributed by atoms with E-state index in [1.54, 1.807) is 0 Å². The van der Waals surface area contributed by atoms with Gasteiger partial charge in [0.2, 0.25) is 5.95 Å². The van der Waals surface area contributed by atoms with Crippen molar-refractivity contribution in [1.29, 1.82) is 0 Å². The van der Waals surface area contributed by atoms with Crippen molar-refractivity contribution in [3.05, 3.63) is 5.82 Å². The van der Waals surface area contributed by atoms with Crippen LogP contribution in [0.25, 0.3) is 0 Å². The second-order valence-electron chi connectivity index (χ2n) is 2.65. The molecule has 0 radical (unpaired) electrons. The molecular weight excluding hydrogens is 200 g/mol. The summed E-state index contributed by atoms with van der Waals surface area (Å²) in [6.07, 6.45) is 2.88. The van der Waals surface area contributed by atoms with E-state index in [9.17, 15) is 0 Å². The quantitative estimate of drug-likeness (QED) is 0.584. The minimum absolute atomic E-state index is 0.249. The second-order valence-corrected chi connectivity index (χ2v) is 3.42. The number of nitrogen functional groups attached to an aromatic ring is 1. The van der Waals surface area contributed by atoms with E-state index in [0.717, 1.165) is 6.42 Å². The number of anilines is 1. The molecule has 78 valence electrons. The third kappa shape index (κ3) is 3.47. The van der Waals surface area contributed by atoms with Gasteiger partial charge in [-0.3, -0.25) is 0 Å². The molecule has 0 spiro atoms. The molecule has 6 heteroatoms. The van der Waals surface area contributed by atoms with Gasteiger partial charge < -0.3 is 10.5 Å². The van der Waals surface area contributed by atoms with Gasteiger partial charge in [-0.25, -0.2) is 4.98 Å². The monoisotopic (exact) mass is 214 g/mol. The van der Waals surface area contributed by atoms with Crippen molar-refractivity contribution in [2.24, 2.45) is 0 Å². The molecule has 0 aliphatic carbocycles. The van der Waals surface area contributed by atoms with Crippen LogP contribution in [0.4, 0.5) is 5.95 Å². The summed E-state index contributed by atoms with van der Waals surface area (Å²) in [7, 11) is 0. The molecule has 0 aliphatic rings. The number of thioether (sulfide) groups is 1. The molecule has 1 aromatic heterocycles. The zero-order chi connectivity index (χ0) is 10.4. The molecule has 0 aromatic carbocycles. The van der Waals surface area contributed by atoms with Gasteiger partial charge >= 0.3 is 0 Å². The lowest BCUT2D eigenvalue weighted by Crippen LogP contribution is -2.06. The Morgan fingerprint density at radius 2 is 2.14 bits per heavy atom. The first-order valence-corrected chi connectivity index (χ1v) is 5.61. The molecule has 0 amide bonds. The molecular formula is C8H14N4OS. The van der Waals surface area contributed by atoms with Gasteiger partial charge in [0.15, 0.2) is 11.0 Å². The third-order valence-electron chi connectivity index (χ3n) is 1.44. The molecule has 1 heterocycles. The Morgan fingerprint density at radius 3 is 2.79 bits per heavy atom. The average Bonchev–Trinajstić information content (AvgIpc) is 2.17. The minimum atomic E-state index is 0.249. The third-order valence-corrected chi connectivity index (χ3v) is 1.99. The lowest BCUT2D eigenvalue weighted by Gasteiger charge is -2.03. The van der Waals surface area contributed by atoms with Crippen LogP contribution < -0.4 is 5.73 Å². The summed E-state index contributed by atoms with van der Waals surface area (Å²) in [4.78, 5) is 12.1. The van der Waals surface area contributed by atoms with Gasteiger partial charge in [-0.1, -0.05) is 18.7 Å². The second kappa shape index (κ2) is 5.77. The minimum Gasteiger partial charge on any atom is -0.373 e. The normalized spacial score (nSPS) is 10.4. The first-order valence-electron chi connectivity index (χ1n) is 4.38. The number of nitrogens with two attached hydrogens (primary N) is 1. The Morgan fingerprint density at radius 1 is 1.36 bits per heavy atom. The highest BCUT2D eigenvalue weighted by atomic mass is 32.2. The van der Waals surface area contributed by atoms with Crippen molar-refractivity contribution in [2.45, 2.75) is 25.1 Å². The predicted octanol–water partition coefficient (Wildman–Crippen LogP) is 1.10. The first-order chi connectivity index (χ1) is 6.76. The van der Waals surface area contributed by atoms with Crippen molar-refractivity contribution >= 4 is 17.7 Å². The van der Waals surface area contributed by atoms with E-state index in [2.05, 4.69) is 21.9 Å². The number of hydrogen-bond donors (Lipinski definition) is 1. The highest BCUT2D eigenvalue weighted by Crippen LogP contribution is 2.09. The van der Waals surface area contributed by atoms with Crippen LogP contribution >= 0.6 is 11.8 Å². The van der Waals surface area contributed by atoms with Crippen LogP contribution in [0.3, 0.4) is 0 Å². The molecule has 1 aromatic rings. The molecule has 0 aliphatic heterocycles. The summed E-state index contributed by atoms with van der Waals surface area (Å²) >= 11 is 1.44. The van der Waals surface area contributed by atoms with E-state index in [4.69, 9.17) is 10.5 Å². The van der Waals surface area contributed by atoms with Crippen LogP contribution in [0.2, 0.25) is 0 Å². The van der Waals surface area contributed by atoms with E-state index >= 15 is 0 Å². The summed E-state index contributed by atoms with van der Waals surface area (Å²) in [6, 6.07) is 0. The topological polar surface area (TPSA) is 73.9 Å². The molecule has 0 bridgehead atoms. The maximum atomic E-state index is 5.51. The maximum Gasteiger partial charge on any atom is 0.224 e. The van der Waals surface area contributed by atoms with Crippen molar-refractivity contribution < 1.29 is 4.74 Å². The molecule has 5 nitrogen and oxygen atoms in total. The highest BCUT2D eigenvalue weighted by molar-refractivity contribution is 7.98. The molecule has 0 fully saturated rings. The zero-order valence-electron chi connectivity index (χ0n) is 8.36. The van der Waals surface area contributed by atoms with Crippen LogP contribution in [0.15, 0.2) is 5.16 Å². The van der Waals surface area contributed by atoms with Gasteiger partial charge in [0.05, 0.1) is 0 Å². The van der Waals surface area contributed by atoms with Crippen molar-refractivity contribution in [1.82, 2.24) is 15.0 Å². The summed E-state index contributed by atoms with van der Waals surface area (Å²) < 4.78 is 5.31. The van der Waals surface area contributed by atoms with Crippen LogP contribution in [-0.4, -0.2) is 27.8 Å². The molecule has 0 saturated heterocycles. The van der Waals surface area contributed by atoms with E-state index < -0.39 is 0 Å². The van der Waals surface area contributed by atoms with Crippen LogP contribution in [0.1, 0.15) is 19.2 Å². The SMILES string of the molecule is CCCOCc1nc(N)nc(SC)n1. The Labute approximate surface area is 87.5 Å². The van der Waals surface area contributed by atoms with Crippen molar-refractivity contribution in [2.75, 3.05) is 18.6 Å². The number of hydrogen-bond acceptors (Lipinski definition) is 6. The van der Waals surface area contributed by atoms with Crippen molar-refractivity contribution in [3.8, 4) is 0 Å². The highest BCUT2D eigenvalue weighted by Gasteiger charge is 2.02. The Hall–Kier alpha value is -0.880. The van der Waals surface area contributed by atoms with E-state index in [1.165, 1.54) is 11.8 Å². The molecule has 0 saturated carbocycles. The fourth-order valence-corrected chi connectivity index (χ4v) is 1.26. The fraction of sp³-hybridized carbons (Fsp3) is 0.625. The number of aromatic nitrogens is 3. The number of ether oxygens (including phenoxy) is 1. The van der Waals surface area contributed by atoms with Gasteiger partial charge in [-0.15, -0.1) is 0 Å². The summed E-state index contributed by atoms with van der Waals surface area (Å²) in [6.45, 7) is 3.16. The maximum absolute atomic E-state index is 5.51. The predicted molar refractivity (Wildman–Crippen MR) is 56.0 cm³/mol. The summed E-state index contributed by atoms with van der Waals surface area (Å²) in [5.41, 5.74) is 5.51. The Kier molecular flexibility index (Phi) is 4.61. The fourth-order valence-electron chi connectivity index (χ4n) is 0.879. The van der Waals surface area contributed by atoms with Crippen LogP contribution in [0, 0.1) is 0 Å². The zero-order valence-corrected chi connectivity index (χ0v) is 9.17. The molecule has 2 N–H and O–H groups in total. The Bertz CT molecular complexity index is 295. The molecule has 0 atom stereocenters. The number of rotatable bonds is 5. The van der Waals surface area contributed by atoms with Gasteiger partial charge in [0.25, 0.3) is 0 Å². The van der Waals surface area contributed by atoms with E-state index in [1.807, 2.05) is 6.26 Å². The number of nitrogens with zero attached hydrogens (tertiary/aromatic N) is 3. The van der Waals surface area contributed by atoms with E-state index in [-0.39, 0.29) is 5.95 Å².